The fourth-order valence-corrected chi connectivity index (χ4v) is 3.46. The van der Waals surface area contributed by atoms with Crippen LogP contribution in [-0.2, 0) is 5.41 Å². The molecule has 1 unspecified atom stereocenters. The highest BCUT2D eigenvalue weighted by Crippen LogP contribution is 2.43. The fourth-order valence-electron chi connectivity index (χ4n) is 3.46. The van der Waals surface area contributed by atoms with Crippen molar-refractivity contribution in [1.29, 1.82) is 0 Å². The largest absolute Gasteiger partial charge is 0.339 e. The van der Waals surface area contributed by atoms with E-state index in [1.54, 1.807) is 0 Å². The summed E-state index contributed by atoms with van der Waals surface area (Å²) >= 11 is 0. The predicted molar refractivity (Wildman–Crippen MR) is 69.6 cm³/mol. The van der Waals surface area contributed by atoms with Crippen molar-refractivity contribution < 1.29 is 4.52 Å². The van der Waals surface area contributed by atoms with Crippen LogP contribution >= 0.6 is 0 Å². The van der Waals surface area contributed by atoms with Crippen molar-refractivity contribution in [2.45, 2.75) is 63.2 Å². The van der Waals surface area contributed by atoms with Gasteiger partial charge >= 0.3 is 0 Å². The lowest BCUT2D eigenvalue weighted by Gasteiger charge is -2.22. The molecule has 1 saturated heterocycles. The Hall–Kier alpha value is -0.900. The second kappa shape index (κ2) is 5.00. The van der Waals surface area contributed by atoms with Gasteiger partial charge in [-0.2, -0.15) is 4.98 Å². The van der Waals surface area contributed by atoms with E-state index in [2.05, 4.69) is 17.4 Å². The Morgan fingerprint density at radius 2 is 2.17 bits per heavy atom. The van der Waals surface area contributed by atoms with E-state index in [-0.39, 0.29) is 5.41 Å². The topological polar surface area (TPSA) is 51.0 Å². The Bertz CT molecular complexity index is 389. The number of hydrogen-bond acceptors (Lipinski definition) is 4. The highest BCUT2D eigenvalue weighted by Gasteiger charge is 2.39. The Morgan fingerprint density at radius 3 is 2.83 bits per heavy atom. The molecule has 0 spiro atoms. The van der Waals surface area contributed by atoms with Crippen molar-refractivity contribution >= 4 is 0 Å². The molecule has 0 bridgehead atoms. The number of nitrogens with one attached hydrogen (secondary N) is 1. The van der Waals surface area contributed by atoms with Gasteiger partial charge in [0.25, 0.3) is 0 Å². The normalized spacial score (nSPS) is 27.5. The van der Waals surface area contributed by atoms with Gasteiger partial charge in [0.1, 0.15) is 0 Å². The van der Waals surface area contributed by atoms with Crippen LogP contribution in [0.1, 0.15) is 69.5 Å². The summed E-state index contributed by atoms with van der Waals surface area (Å²) in [7, 11) is 0. The van der Waals surface area contributed by atoms with Gasteiger partial charge in [0.2, 0.25) is 5.89 Å². The van der Waals surface area contributed by atoms with Gasteiger partial charge in [0, 0.05) is 17.9 Å². The maximum absolute atomic E-state index is 5.61. The Balaban J connectivity index is 1.79. The lowest BCUT2D eigenvalue weighted by Crippen LogP contribution is -2.29. The maximum atomic E-state index is 5.61. The molecular formula is C14H23N3O. The predicted octanol–water partition coefficient (Wildman–Crippen LogP) is 2.76. The number of nitrogens with zero attached hydrogens (tertiary/aromatic N) is 2. The van der Waals surface area contributed by atoms with Crippen LogP contribution in [0.25, 0.3) is 0 Å². The minimum Gasteiger partial charge on any atom is -0.339 e. The minimum absolute atomic E-state index is 0.188. The zero-order valence-corrected chi connectivity index (χ0v) is 11.2. The average molecular weight is 249 g/mol. The van der Waals surface area contributed by atoms with Crippen LogP contribution in [0.4, 0.5) is 0 Å². The smallest absolute Gasteiger partial charge is 0.232 e. The highest BCUT2D eigenvalue weighted by atomic mass is 16.5. The molecule has 1 aromatic rings. The first kappa shape index (κ1) is 12.2. The van der Waals surface area contributed by atoms with Crippen LogP contribution in [0, 0.1) is 0 Å². The van der Waals surface area contributed by atoms with Gasteiger partial charge in [-0.15, -0.1) is 0 Å². The summed E-state index contributed by atoms with van der Waals surface area (Å²) in [5, 5.41) is 7.67. The summed E-state index contributed by atoms with van der Waals surface area (Å²) in [5.74, 6) is 2.28. The maximum Gasteiger partial charge on any atom is 0.232 e. The number of hydrogen-bond donors (Lipinski definition) is 1. The second-order valence-electron chi connectivity index (χ2n) is 5.84. The lowest BCUT2D eigenvalue weighted by atomic mass is 9.83. The molecule has 1 aliphatic heterocycles. The van der Waals surface area contributed by atoms with E-state index < -0.39 is 0 Å². The van der Waals surface area contributed by atoms with E-state index in [1.165, 1.54) is 38.5 Å². The van der Waals surface area contributed by atoms with E-state index >= 15 is 0 Å². The first-order valence-corrected chi connectivity index (χ1v) is 7.39. The van der Waals surface area contributed by atoms with Crippen LogP contribution in [-0.4, -0.2) is 23.2 Å². The highest BCUT2D eigenvalue weighted by molar-refractivity contribution is 5.09. The van der Waals surface area contributed by atoms with Gasteiger partial charge in [-0.25, -0.2) is 0 Å². The van der Waals surface area contributed by atoms with Crippen LogP contribution in [0.2, 0.25) is 0 Å². The Labute approximate surface area is 109 Å². The average Bonchev–Trinajstić information content (AvgIpc) is 3.09. The molecule has 1 N–H and O–H groups in total. The number of rotatable bonds is 3. The zero-order valence-electron chi connectivity index (χ0n) is 11.2. The van der Waals surface area contributed by atoms with Crippen molar-refractivity contribution in [3.05, 3.63) is 11.7 Å². The summed E-state index contributed by atoms with van der Waals surface area (Å²) in [6.45, 7) is 4.37. The van der Waals surface area contributed by atoms with Crippen molar-refractivity contribution in [2.24, 2.45) is 0 Å². The molecule has 4 heteroatoms. The summed E-state index contributed by atoms with van der Waals surface area (Å²) in [6.07, 6.45) is 8.56. The monoisotopic (exact) mass is 249 g/mol. The molecule has 3 rings (SSSR count). The van der Waals surface area contributed by atoms with Crippen molar-refractivity contribution in [3.8, 4) is 0 Å². The SMILES string of the molecule is CCC1(c2nc(C3CCCNC3)no2)CCCC1. The van der Waals surface area contributed by atoms with E-state index in [4.69, 9.17) is 9.51 Å². The fraction of sp³-hybridized carbons (Fsp3) is 0.857. The molecule has 2 fully saturated rings. The molecule has 4 nitrogen and oxygen atoms in total. The van der Waals surface area contributed by atoms with Crippen LogP contribution < -0.4 is 5.32 Å². The molecule has 18 heavy (non-hydrogen) atoms. The summed E-state index contributed by atoms with van der Waals surface area (Å²) in [6, 6.07) is 0. The third-order valence-electron chi connectivity index (χ3n) is 4.79. The molecule has 1 aliphatic carbocycles. The van der Waals surface area contributed by atoms with Gasteiger partial charge in [0.15, 0.2) is 5.82 Å². The van der Waals surface area contributed by atoms with Crippen LogP contribution in [0.15, 0.2) is 4.52 Å². The van der Waals surface area contributed by atoms with Crippen LogP contribution in [0.3, 0.4) is 0 Å². The molecule has 0 radical (unpaired) electrons. The van der Waals surface area contributed by atoms with Gasteiger partial charge in [-0.3, -0.25) is 0 Å². The van der Waals surface area contributed by atoms with Crippen LogP contribution in [0.5, 0.6) is 0 Å². The summed E-state index contributed by atoms with van der Waals surface area (Å²) in [4.78, 5) is 4.74. The first-order chi connectivity index (χ1) is 8.84. The van der Waals surface area contributed by atoms with Gasteiger partial charge < -0.3 is 9.84 Å². The lowest BCUT2D eigenvalue weighted by molar-refractivity contribution is 0.270. The molecule has 2 heterocycles. The van der Waals surface area contributed by atoms with Gasteiger partial charge in [-0.1, -0.05) is 24.9 Å². The summed E-state index contributed by atoms with van der Waals surface area (Å²) in [5.41, 5.74) is 0.188. The van der Waals surface area contributed by atoms with Gasteiger partial charge in [-0.05, 0) is 38.6 Å². The molecule has 0 amide bonds. The second-order valence-corrected chi connectivity index (χ2v) is 5.84. The minimum atomic E-state index is 0.188. The number of piperidine rings is 1. The third kappa shape index (κ3) is 2.07. The standard InChI is InChI=1S/C14H23N3O/c1-2-14(7-3-4-8-14)13-16-12(17-18-13)11-6-5-9-15-10-11/h11,15H,2-10H2,1H3. The molecule has 2 aliphatic rings. The van der Waals surface area contributed by atoms with E-state index in [0.29, 0.717) is 5.92 Å². The molecular weight excluding hydrogens is 226 g/mol. The van der Waals surface area contributed by atoms with E-state index in [1.807, 2.05) is 0 Å². The van der Waals surface area contributed by atoms with Crippen molar-refractivity contribution in [2.75, 3.05) is 13.1 Å². The number of aromatic nitrogens is 2. The Morgan fingerprint density at radius 1 is 1.33 bits per heavy atom. The van der Waals surface area contributed by atoms with E-state index in [0.717, 1.165) is 31.2 Å². The zero-order chi connectivity index (χ0) is 12.4. The molecule has 1 aromatic heterocycles. The third-order valence-corrected chi connectivity index (χ3v) is 4.79. The van der Waals surface area contributed by atoms with E-state index in [9.17, 15) is 0 Å². The summed E-state index contributed by atoms with van der Waals surface area (Å²) < 4.78 is 5.61. The molecule has 0 aromatic carbocycles. The van der Waals surface area contributed by atoms with Crippen molar-refractivity contribution in [1.82, 2.24) is 15.5 Å². The van der Waals surface area contributed by atoms with Gasteiger partial charge in [0.05, 0.1) is 0 Å². The molecule has 1 saturated carbocycles. The quantitative estimate of drug-likeness (QED) is 0.895. The Kier molecular flexibility index (Phi) is 3.37. The molecule has 1 atom stereocenters. The molecule has 100 valence electrons. The van der Waals surface area contributed by atoms with Crippen molar-refractivity contribution in [3.63, 3.8) is 0 Å². The first-order valence-electron chi connectivity index (χ1n) is 7.39.